The molecule has 0 aliphatic carbocycles. The van der Waals surface area contributed by atoms with Gasteiger partial charge in [0.2, 0.25) is 0 Å². The topological polar surface area (TPSA) is 76.0 Å². The molecule has 2 N–H and O–H groups in total. The van der Waals surface area contributed by atoms with Crippen molar-refractivity contribution in [2.45, 2.75) is 64.1 Å². The quantitative estimate of drug-likeness (QED) is 0.478. The summed E-state index contributed by atoms with van der Waals surface area (Å²) in [6.45, 7) is 3.75. The maximum Gasteiger partial charge on any atom is 0.337 e. The number of ether oxygens (including phenoxy) is 2. The molecule has 2 atom stereocenters. The van der Waals surface area contributed by atoms with Crippen molar-refractivity contribution in [3.8, 4) is 5.75 Å². The number of unbranched alkanes of at least 4 members (excludes halogenated alkanes) is 3. The molecular formula is C19H30O5. The highest BCUT2D eigenvalue weighted by molar-refractivity contribution is 5.89. The van der Waals surface area contributed by atoms with Gasteiger partial charge in [-0.2, -0.15) is 0 Å². The number of carbonyl (C=O) groups is 1. The lowest BCUT2D eigenvalue weighted by Crippen LogP contribution is -2.49. The van der Waals surface area contributed by atoms with Gasteiger partial charge in [0.25, 0.3) is 0 Å². The summed E-state index contributed by atoms with van der Waals surface area (Å²) < 4.78 is 10.8. The Balaban J connectivity index is 2.88. The number of methoxy groups -OCH3 is 1. The van der Waals surface area contributed by atoms with E-state index in [2.05, 4.69) is 11.7 Å². The summed E-state index contributed by atoms with van der Waals surface area (Å²) in [6.07, 6.45) is 4.58. The monoisotopic (exact) mass is 338 g/mol. The molecule has 0 aliphatic rings. The zero-order valence-corrected chi connectivity index (χ0v) is 15.0. The van der Waals surface area contributed by atoms with Gasteiger partial charge in [-0.15, -0.1) is 0 Å². The van der Waals surface area contributed by atoms with E-state index in [-0.39, 0.29) is 6.61 Å². The van der Waals surface area contributed by atoms with Crippen LogP contribution in [0.2, 0.25) is 0 Å². The second-order valence-electron chi connectivity index (χ2n) is 6.05. The van der Waals surface area contributed by atoms with Crippen molar-refractivity contribution < 1.29 is 24.5 Å². The van der Waals surface area contributed by atoms with E-state index < -0.39 is 17.7 Å². The molecular weight excluding hydrogens is 308 g/mol. The Morgan fingerprint density at radius 1 is 1.17 bits per heavy atom. The van der Waals surface area contributed by atoms with Crippen LogP contribution in [-0.2, 0) is 4.74 Å². The highest BCUT2D eigenvalue weighted by Gasteiger charge is 2.38. The molecule has 0 heterocycles. The van der Waals surface area contributed by atoms with Crippen molar-refractivity contribution in [1.29, 1.82) is 0 Å². The van der Waals surface area contributed by atoms with Gasteiger partial charge in [0, 0.05) is 0 Å². The van der Waals surface area contributed by atoms with E-state index in [0.717, 1.165) is 25.7 Å². The highest BCUT2D eigenvalue weighted by atomic mass is 16.5. The van der Waals surface area contributed by atoms with Crippen molar-refractivity contribution in [2.24, 2.45) is 0 Å². The molecule has 2 unspecified atom stereocenters. The Morgan fingerprint density at radius 2 is 1.83 bits per heavy atom. The second-order valence-corrected chi connectivity index (χ2v) is 6.05. The Bertz CT molecular complexity index is 485. The third-order valence-electron chi connectivity index (χ3n) is 4.43. The van der Waals surface area contributed by atoms with Crippen LogP contribution in [0.4, 0.5) is 0 Å². The van der Waals surface area contributed by atoms with Crippen LogP contribution in [0.3, 0.4) is 0 Å². The van der Waals surface area contributed by atoms with E-state index in [1.165, 1.54) is 7.11 Å². The smallest absolute Gasteiger partial charge is 0.337 e. The van der Waals surface area contributed by atoms with Crippen molar-refractivity contribution in [3.05, 3.63) is 29.8 Å². The number of hydrogen-bond acceptors (Lipinski definition) is 5. The Labute approximate surface area is 144 Å². The number of esters is 1. The first-order chi connectivity index (χ1) is 11.5. The van der Waals surface area contributed by atoms with Gasteiger partial charge in [0.15, 0.2) is 0 Å². The summed E-state index contributed by atoms with van der Waals surface area (Å²) >= 11 is 0. The average Bonchev–Trinajstić information content (AvgIpc) is 2.63. The first kappa shape index (κ1) is 20.5. The van der Waals surface area contributed by atoms with Crippen LogP contribution in [0.1, 0.15) is 62.7 Å². The number of rotatable bonds is 11. The Hall–Kier alpha value is -1.59. The molecule has 0 saturated heterocycles. The van der Waals surface area contributed by atoms with Crippen LogP contribution in [0, 0.1) is 0 Å². The third kappa shape index (κ3) is 5.49. The molecule has 24 heavy (non-hydrogen) atoms. The summed E-state index contributed by atoms with van der Waals surface area (Å²) in [6, 6.07) is 6.63. The van der Waals surface area contributed by atoms with Crippen molar-refractivity contribution in [3.63, 3.8) is 0 Å². The van der Waals surface area contributed by atoms with Gasteiger partial charge in [-0.25, -0.2) is 4.79 Å². The fourth-order valence-corrected chi connectivity index (χ4v) is 2.80. The van der Waals surface area contributed by atoms with E-state index in [4.69, 9.17) is 4.74 Å². The zero-order chi connectivity index (χ0) is 18.0. The zero-order valence-electron chi connectivity index (χ0n) is 15.0. The third-order valence-corrected chi connectivity index (χ3v) is 4.43. The van der Waals surface area contributed by atoms with Crippen molar-refractivity contribution in [1.82, 2.24) is 0 Å². The van der Waals surface area contributed by atoms with Crippen LogP contribution in [0.15, 0.2) is 24.3 Å². The lowest BCUT2D eigenvalue weighted by atomic mass is 9.87. The standard InChI is InChI=1S/C19H30O5/c1-4-6-7-8-13-19(5-2,17(21)14-20)24-16-11-9-15(10-12-16)18(22)23-3/h9-12,17,20-21H,4-8,13-14H2,1-3H3. The van der Waals surface area contributed by atoms with Crippen LogP contribution in [0.25, 0.3) is 0 Å². The molecule has 0 spiro atoms. The molecule has 5 heteroatoms. The van der Waals surface area contributed by atoms with Crippen LogP contribution in [-0.4, -0.2) is 41.6 Å². The van der Waals surface area contributed by atoms with Crippen LogP contribution in [0.5, 0.6) is 5.75 Å². The molecule has 0 amide bonds. The molecule has 0 aromatic heterocycles. The number of aliphatic hydroxyl groups excluding tert-OH is 2. The van der Waals surface area contributed by atoms with Gasteiger partial charge in [-0.3, -0.25) is 0 Å². The van der Waals surface area contributed by atoms with Crippen LogP contribution < -0.4 is 4.74 Å². The molecule has 0 fully saturated rings. The van der Waals surface area contributed by atoms with E-state index in [0.29, 0.717) is 24.2 Å². The lowest BCUT2D eigenvalue weighted by Gasteiger charge is -2.37. The predicted molar refractivity (Wildman–Crippen MR) is 93.3 cm³/mol. The summed E-state index contributed by atoms with van der Waals surface area (Å²) in [5, 5.41) is 19.8. The minimum absolute atomic E-state index is 0.345. The number of benzene rings is 1. The fraction of sp³-hybridized carbons (Fsp3) is 0.632. The van der Waals surface area contributed by atoms with Gasteiger partial charge in [-0.05, 0) is 43.5 Å². The summed E-state index contributed by atoms with van der Waals surface area (Å²) in [7, 11) is 1.34. The largest absolute Gasteiger partial charge is 0.485 e. The van der Waals surface area contributed by atoms with E-state index in [1.807, 2.05) is 6.92 Å². The molecule has 1 aromatic rings. The maximum absolute atomic E-state index is 11.5. The first-order valence-electron chi connectivity index (χ1n) is 8.69. The second kappa shape index (κ2) is 10.3. The van der Waals surface area contributed by atoms with E-state index >= 15 is 0 Å². The molecule has 136 valence electrons. The summed E-state index contributed by atoms with van der Waals surface area (Å²) in [4.78, 5) is 11.5. The fourth-order valence-electron chi connectivity index (χ4n) is 2.80. The van der Waals surface area contributed by atoms with Gasteiger partial charge >= 0.3 is 5.97 Å². The Morgan fingerprint density at radius 3 is 2.33 bits per heavy atom. The molecule has 1 aromatic carbocycles. The van der Waals surface area contributed by atoms with Crippen molar-refractivity contribution >= 4 is 5.97 Å². The Kier molecular flexibility index (Phi) is 8.79. The lowest BCUT2D eigenvalue weighted by molar-refractivity contribution is -0.0850. The first-order valence-corrected chi connectivity index (χ1v) is 8.69. The van der Waals surface area contributed by atoms with Crippen molar-refractivity contribution in [2.75, 3.05) is 13.7 Å². The van der Waals surface area contributed by atoms with Gasteiger partial charge in [-0.1, -0.05) is 33.1 Å². The van der Waals surface area contributed by atoms with Crippen LogP contribution >= 0.6 is 0 Å². The predicted octanol–water partition coefficient (Wildman–Crippen LogP) is 3.32. The van der Waals surface area contributed by atoms with Gasteiger partial charge < -0.3 is 19.7 Å². The molecule has 0 saturated carbocycles. The SMILES string of the molecule is CCCCCCC(CC)(Oc1ccc(C(=O)OC)cc1)C(O)CO. The number of aliphatic hydroxyl groups is 2. The maximum atomic E-state index is 11.5. The van der Waals surface area contributed by atoms with Gasteiger partial charge in [0.05, 0.1) is 19.3 Å². The van der Waals surface area contributed by atoms with Gasteiger partial charge in [0.1, 0.15) is 17.5 Å². The summed E-state index contributed by atoms with van der Waals surface area (Å²) in [5.41, 5.74) is -0.382. The van der Waals surface area contributed by atoms with E-state index in [1.54, 1.807) is 24.3 Å². The number of hydrogen-bond donors (Lipinski definition) is 2. The summed E-state index contributed by atoms with van der Waals surface area (Å²) in [5.74, 6) is 0.158. The molecule has 0 bridgehead atoms. The molecule has 0 radical (unpaired) electrons. The highest BCUT2D eigenvalue weighted by Crippen LogP contribution is 2.30. The molecule has 5 nitrogen and oxygen atoms in total. The number of carbonyl (C=O) groups excluding carboxylic acids is 1. The minimum Gasteiger partial charge on any atom is -0.485 e. The van der Waals surface area contributed by atoms with E-state index in [9.17, 15) is 15.0 Å². The normalized spacial score (nSPS) is 14.7. The molecule has 1 rings (SSSR count). The molecule has 0 aliphatic heterocycles. The minimum atomic E-state index is -0.954. The average molecular weight is 338 g/mol.